The number of aromatic nitrogens is 3. The monoisotopic (exact) mass is 400 g/mol. The van der Waals surface area contributed by atoms with E-state index in [4.69, 9.17) is 0 Å². The summed E-state index contributed by atoms with van der Waals surface area (Å²) < 4.78 is 0. The van der Waals surface area contributed by atoms with Crippen molar-refractivity contribution in [3.8, 4) is 0 Å². The summed E-state index contributed by atoms with van der Waals surface area (Å²) in [5, 5.41) is 7.29. The van der Waals surface area contributed by atoms with Gasteiger partial charge in [0.05, 0.1) is 29.3 Å². The Hall–Kier alpha value is -3.54. The van der Waals surface area contributed by atoms with Crippen LogP contribution in [0.25, 0.3) is 11.0 Å². The summed E-state index contributed by atoms with van der Waals surface area (Å²) in [4.78, 5) is 31.6. The smallest absolute Gasteiger partial charge is 0.263 e. The Balaban J connectivity index is 1.59. The van der Waals surface area contributed by atoms with Crippen molar-refractivity contribution in [2.24, 2.45) is 0 Å². The first-order chi connectivity index (χ1) is 14.6. The number of hydrogen-bond donors (Lipinski definition) is 1. The van der Waals surface area contributed by atoms with Gasteiger partial charge in [0, 0.05) is 6.20 Å². The Labute approximate surface area is 175 Å². The maximum Gasteiger partial charge on any atom is 0.263 e. The lowest BCUT2D eigenvalue weighted by molar-refractivity contribution is 0.0642. The molecule has 1 aliphatic rings. The first kappa shape index (κ1) is 19.8. The Kier molecular flexibility index (Phi) is 5.57. The molecule has 0 fully saturated rings. The van der Waals surface area contributed by atoms with Crippen LogP contribution in [0, 0.1) is 0 Å². The number of aryl methyl sites for hydroxylation is 1. The SMILES string of the molecule is C/C=C\C(=C/CC)CCc1ccccc1CN1C(=O)c2cnc3[nH]ncc3c2C1=O. The van der Waals surface area contributed by atoms with Crippen molar-refractivity contribution in [1.82, 2.24) is 20.1 Å². The van der Waals surface area contributed by atoms with Crippen LogP contribution in [0.3, 0.4) is 0 Å². The molecule has 1 N–H and O–H groups in total. The fraction of sp³-hybridized carbons (Fsp3) is 0.250. The summed E-state index contributed by atoms with van der Waals surface area (Å²) in [6.45, 7) is 4.40. The minimum absolute atomic E-state index is 0.248. The molecule has 0 unspecified atom stereocenters. The van der Waals surface area contributed by atoms with Crippen molar-refractivity contribution in [2.75, 3.05) is 0 Å². The second-order valence-electron chi connectivity index (χ2n) is 7.33. The van der Waals surface area contributed by atoms with Crippen LogP contribution in [0.5, 0.6) is 0 Å². The molecule has 0 atom stereocenters. The minimum atomic E-state index is -0.305. The van der Waals surface area contributed by atoms with Crippen molar-refractivity contribution in [1.29, 1.82) is 0 Å². The lowest BCUT2D eigenvalue weighted by atomic mass is 9.98. The van der Waals surface area contributed by atoms with Gasteiger partial charge in [-0.3, -0.25) is 19.6 Å². The van der Waals surface area contributed by atoms with E-state index in [2.05, 4.69) is 46.4 Å². The van der Waals surface area contributed by atoms with Crippen LogP contribution in [0.1, 0.15) is 58.5 Å². The van der Waals surface area contributed by atoms with Gasteiger partial charge in [0.25, 0.3) is 11.8 Å². The number of carbonyl (C=O) groups excluding carboxylic acids is 2. The van der Waals surface area contributed by atoms with E-state index in [0.717, 1.165) is 30.4 Å². The average Bonchev–Trinajstić information content (AvgIpc) is 3.32. The number of H-pyrrole nitrogens is 1. The van der Waals surface area contributed by atoms with Gasteiger partial charge in [0.2, 0.25) is 0 Å². The molecule has 4 rings (SSSR count). The summed E-state index contributed by atoms with van der Waals surface area (Å²) in [6.07, 6.45) is 12.2. The second kappa shape index (κ2) is 8.45. The fourth-order valence-corrected chi connectivity index (χ4v) is 3.94. The number of amides is 2. The molecule has 0 radical (unpaired) electrons. The average molecular weight is 400 g/mol. The predicted molar refractivity (Wildman–Crippen MR) is 116 cm³/mol. The number of aromatic amines is 1. The number of benzene rings is 1. The third-order valence-corrected chi connectivity index (χ3v) is 5.39. The number of rotatable bonds is 7. The molecule has 2 amide bonds. The molecule has 0 aliphatic carbocycles. The highest BCUT2D eigenvalue weighted by atomic mass is 16.2. The molecular formula is C24H24N4O2. The molecule has 3 heterocycles. The van der Waals surface area contributed by atoms with E-state index in [1.165, 1.54) is 16.7 Å². The number of imide groups is 1. The molecule has 3 aromatic rings. The van der Waals surface area contributed by atoms with Gasteiger partial charge in [-0.1, -0.05) is 55.0 Å². The fourth-order valence-electron chi connectivity index (χ4n) is 3.94. The lowest BCUT2D eigenvalue weighted by Gasteiger charge is -2.17. The molecule has 6 nitrogen and oxygen atoms in total. The molecule has 1 aromatic carbocycles. The Morgan fingerprint density at radius 1 is 1.13 bits per heavy atom. The zero-order chi connectivity index (χ0) is 21.1. The Morgan fingerprint density at radius 3 is 2.70 bits per heavy atom. The van der Waals surface area contributed by atoms with Crippen molar-refractivity contribution in [2.45, 2.75) is 39.7 Å². The zero-order valence-corrected chi connectivity index (χ0v) is 17.2. The van der Waals surface area contributed by atoms with Crippen molar-refractivity contribution in [3.05, 3.63) is 82.7 Å². The molecular weight excluding hydrogens is 376 g/mol. The Bertz CT molecular complexity index is 1170. The summed E-state index contributed by atoms with van der Waals surface area (Å²) in [7, 11) is 0. The van der Waals surface area contributed by atoms with Gasteiger partial charge in [-0.2, -0.15) is 5.10 Å². The van der Waals surface area contributed by atoms with Gasteiger partial charge >= 0.3 is 0 Å². The van der Waals surface area contributed by atoms with Crippen LogP contribution >= 0.6 is 0 Å². The molecule has 1 aliphatic heterocycles. The first-order valence-corrected chi connectivity index (χ1v) is 10.2. The zero-order valence-electron chi connectivity index (χ0n) is 17.2. The predicted octanol–water partition coefficient (Wildman–Crippen LogP) is 4.60. The molecule has 0 spiro atoms. The van der Waals surface area contributed by atoms with E-state index in [1.807, 2.05) is 25.1 Å². The second-order valence-corrected chi connectivity index (χ2v) is 7.33. The molecule has 2 aromatic heterocycles. The molecule has 30 heavy (non-hydrogen) atoms. The van der Waals surface area contributed by atoms with Crippen LogP contribution in [0.4, 0.5) is 0 Å². The van der Waals surface area contributed by atoms with E-state index in [1.54, 1.807) is 6.20 Å². The summed E-state index contributed by atoms with van der Waals surface area (Å²) in [5.74, 6) is -0.597. The van der Waals surface area contributed by atoms with Crippen LogP contribution in [-0.2, 0) is 13.0 Å². The van der Waals surface area contributed by atoms with Crippen molar-refractivity contribution in [3.63, 3.8) is 0 Å². The maximum atomic E-state index is 13.1. The highest BCUT2D eigenvalue weighted by molar-refractivity contribution is 6.25. The minimum Gasteiger partial charge on any atom is -0.270 e. The standard InChI is InChI=1S/C24H24N4O2/c1-3-7-16(8-4-2)11-12-17-9-5-6-10-18(17)15-28-23(29)20-13-25-22-19(14-26-27-22)21(20)24(28)30/h3,5-10,13-14H,4,11-12,15H2,1-2H3,(H,25,26,27)/b7-3-,16-8+. The summed E-state index contributed by atoms with van der Waals surface area (Å²) in [6, 6.07) is 8.01. The van der Waals surface area contributed by atoms with Gasteiger partial charge in [-0.15, -0.1) is 0 Å². The normalized spacial score (nSPS) is 14.3. The topological polar surface area (TPSA) is 79.0 Å². The van der Waals surface area contributed by atoms with Crippen LogP contribution in [0.15, 0.2) is 60.5 Å². The quantitative estimate of drug-likeness (QED) is 0.464. The molecule has 152 valence electrons. The van der Waals surface area contributed by atoms with Gasteiger partial charge in [-0.25, -0.2) is 4.98 Å². The van der Waals surface area contributed by atoms with Crippen LogP contribution in [0.2, 0.25) is 0 Å². The number of pyridine rings is 1. The molecule has 6 heteroatoms. The summed E-state index contributed by atoms with van der Waals surface area (Å²) in [5.41, 5.74) is 4.66. The largest absolute Gasteiger partial charge is 0.270 e. The number of allylic oxidation sites excluding steroid dienone is 4. The lowest BCUT2D eigenvalue weighted by Crippen LogP contribution is -2.29. The third kappa shape index (κ3) is 3.56. The van der Waals surface area contributed by atoms with E-state index in [9.17, 15) is 9.59 Å². The summed E-state index contributed by atoms with van der Waals surface area (Å²) >= 11 is 0. The van der Waals surface area contributed by atoms with Gasteiger partial charge in [0.1, 0.15) is 0 Å². The van der Waals surface area contributed by atoms with E-state index < -0.39 is 0 Å². The number of nitrogens with one attached hydrogen (secondary N) is 1. The van der Waals surface area contributed by atoms with Gasteiger partial charge < -0.3 is 0 Å². The van der Waals surface area contributed by atoms with Crippen LogP contribution < -0.4 is 0 Å². The molecule has 0 saturated heterocycles. The number of nitrogens with zero attached hydrogens (tertiary/aromatic N) is 3. The number of carbonyl (C=O) groups is 2. The maximum absolute atomic E-state index is 13.1. The highest BCUT2D eigenvalue weighted by Gasteiger charge is 2.38. The van der Waals surface area contributed by atoms with Crippen LogP contribution in [-0.4, -0.2) is 31.9 Å². The van der Waals surface area contributed by atoms with E-state index in [-0.39, 0.29) is 18.4 Å². The van der Waals surface area contributed by atoms with E-state index in [0.29, 0.717) is 22.2 Å². The first-order valence-electron chi connectivity index (χ1n) is 10.2. The van der Waals surface area contributed by atoms with E-state index >= 15 is 0 Å². The van der Waals surface area contributed by atoms with Gasteiger partial charge in [0.15, 0.2) is 5.65 Å². The third-order valence-electron chi connectivity index (χ3n) is 5.39. The number of fused-ring (bicyclic) bond motifs is 3. The number of hydrogen-bond acceptors (Lipinski definition) is 4. The molecule has 0 bridgehead atoms. The van der Waals surface area contributed by atoms with Crippen molar-refractivity contribution >= 4 is 22.8 Å². The van der Waals surface area contributed by atoms with Gasteiger partial charge in [-0.05, 0) is 37.3 Å². The Morgan fingerprint density at radius 2 is 1.93 bits per heavy atom. The van der Waals surface area contributed by atoms with Crippen molar-refractivity contribution < 1.29 is 9.59 Å². The highest BCUT2D eigenvalue weighted by Crippen LogP contribution is 2.30. The molecule has 0 saturated carbocycles.